The van der Waals surface area contributed by atoms with Crippen LogP contribution in [0.25, 0.3) is 16.7 Å². The van der Waals surface area contributed by atoms with E-state index in [4.69, 9.17) is 0 Å². The van der Waals surface area contributed by atoms with Gasteiger partial charge in [0.05, 0.1) is 5.39 Å². The monoisotopic (exact) mass is 412 g/mol. The van der Waals surface area contributed by atoms with Crippen molar-refractivity contribution in [3.63, 3.8) is 0 Å². The highest BCUT2D eigenvalue weighted by atomic mass is 16.2. The number of amides is 1. The molecule has 1 aliphatic heterocycles. The Morgan fingerprint density at radius 2 is 1.77 bits per heavy atom. The van der Waals surface area contributed by atoms with E-state index in [0.29, 0.717) is 17.6 Å². The van der Waals surface area contributed by atoms with Crippen molar-refractivity contribution in [1.29, 1.82) is 0 Å². The highest BCUT2D eigenvalue weighted by molar-refractivity contribution is 5.95. The standard InChI is InChI=1S/C25H24N4O2/c1-16-8-10-20(11-9-16)29-18(3)17(2)23-24(29)26-15-27(25(23)31)14-22(30)28-13-12-19-6-4-5-7-21(19)28/h4-11,15H,12-14H2,1-3H3. The summed E-state index contributed by atoms with van der Waals surface area (Å²) in [7, 11) is 0. The zero-order valence-electron chi connectivity index (χ0n) is 17.9. The van der Waals surface area contributed by atoms with Crippen molar-refractivity contribution < 1.29 is 4.79 Å². The molecule has 3 heterocycles. The minimum atomic E-state index is -0.183. The van der Waals surface area contributed by atoms with Crippen LogP contribution in [0, 0.1) is 20.8 Å². The molecule has 4 aromatic rings. The van der Waals surface area contributed by atoms with Gasteiger partial charge in [0.2, 0.25) is 5.91 Å². The van der Waals surface area contributed by atoms with Gasteiger partial charge in [0.15, 0.2) is 5.65 Å². The van der Waals surface area contributed by atoms with Gasteiger partial charge >= 0.3 is 0 Å². The molecule has 0 spiro atoms. The zero-order valence-corrected chi connectivity index (χ0v) is 17.9. The molecular weight excluding hydrogens is 388 g/mol. The average molecular weight is 412 g/mol. The first kappa shape index (κ1) is 19.3. The second-order valence-corrected chi connectivity index (χ2v) is 8.18. The number of carbonyl (C=O) groups is 1. The number of aromatic nitrogens is 3. The van der Waals surface area contributed by atoms with E-state index in [2.05, 4.69) is 4.98 Å². The number of benzene rings is 2. The molecule has 0 aliphatic carbocycles. The average Bonchev–Trinajstić information content (AvgIpc) is 3.31. The zero-order chi connectivity index (χ0) is 21.7. The van der Waals surface area contributed by atoms with Gasteiger partial charge in [0.25, 0.3) is 5.56 Å². The molecule has 0 fully saturated rings. The topological polar surface area (TPSA) is 60.1 Å². The number of para-hydroxylation sites is 1. The van der Waals surface area contributed by atoms with Gasteiger partial charge in [0.1, 0.15) is 12.9 Å². The lowest BCUT2D eigenvalue weighted by Gasteiger charge is -2.18. The largest absolute Gasteiger partial charge is 0.310 e. The predicted octanol–water partition coefficient (Wildman–Crippen LogP) is 3.70. The third kappa shape index (κ3) is 3.06. The quantitative estimate of drug-likeness (QED) is 0.516. The highest BCUT2D eigenvalue weighted by Gasteiger charge is 2.25. The van der Waals surface area contributed by atoms with Crippen LogP contribution in [0.2, 0.25) is 0 Å². The molecule has 0 unspecified atom stereocenters. The number of hydrogen-bond acceptors (Lipinski definition) is 3. The number of hydrogen-bond donors (Lipinski definition) is 0. The van der Waals surface area contributed by atoms with Crippen LogP contribution in [0.5, 0.6) is 0 Å². The van der Waals surface area contributed by atoms with Crippen LogP contribution in [0.4, 0.5) is 5.69 Å². The Hall–Kier alpha value is -3.67. The molecule has 2 aromatic carbocycles. The Labute approximate surface area is 180 Å². The number of anilines is 1. The van der Waals surface area contributed by atoms with Gasteiger partial charge in [0, 0.05) is 23.6 Å². The number of nitrogens with zero attached hydrogens (tertiary/aromatic N) is 4. The van der Waals surface area contributed by atoms with Crippen molar-refractivity contribution in [2.24, 2.45) is 0 Å². The second-order valence-electron chi connectivity index (χ2n) is 8.18. The summed E-state index contributed by atoms with van der Waals surface area (Å²) in [6.07, 6.45) is 2.33. The highest BCUT2D eigenvalue weighted by Crippen LogP contribution is 2.28. The summed E-state index contributed by atoms with van der Waals surface area (Å²) in [6, 6.07) is 16.1. The van der Waals surface area contributed by atoms with Crippen LogP contribution in [-0.2, 0) is 17.8 Å². The molecule has 0 bridgehead atoms. The fourth-order valence-electron chi connectivity index (χ4n) is 4.44. The molecule has 2 aromatic heterocycles. The molecule has 0 radical (unpaired) electrons. The van der Waals surface area contributed by atoms with Gasteiger partial charge in [-0.25, -0.2) is 4.98 Å². The molecule has 1 amide bonds. The lowest BCUT2D eigenvalue weighted by molar-refractivity contribution is -0.119. The fraction of sp³-hybridized carbons (Fsp3) is 0.240. The smallest absolute Gasteiger partial charge is 0.263 e. The summed E-state index contributed by atoms with van der Waals surface area (Å²) in [4.78, 5) is 32.7. The maximum Gasteiger partial charge on any atom is 0.263 e. The number of rotatable bonds is 3. The Morgan fingerprint density at radius 1 is 1.03 bits per heavy atom. The first-order valence-electron chi connectivity index (χ1n) is 10.5. The Kier molecular flexibility index (Phi) is 4.50. The molecule has 0 saturated heterocycles. The van der Waals surface area contributed by atoms with Gasteiger partial charge in [-0.15, -0.1) is 0 Å². The van der Waals surface area contributed by atoms with Crippen molar-refractivity contribution in [2.45, 2.75) is 33.7 Å². The van der Waals surface area contributed by atoms with Gasteiger partial charge < -0.3 is 4.90 Å². The van der Waals surface area contributed by atoms with Crippen LogP contribution in [0.3, 0.4) is 0 Å². The third-order valence-electron chi connectivity index (χ3n) is 6.27. The Balaban J connectivity index is 1.54. The van der Waals surface area contributed by atoms with Crippen molar-refractivity contribution in [3.05, 3.63) is 87.6 Å². The number of carbonyl (C=O) groups excluding carboxylic acids is 1. The number of fused-ring (bicyclic) bond motifs is 2. The van der Waals surface area contributed by atoms with E-state index in [9.17, 15) is 9.59 Å². The minimum absolute atomic E-state index is 0.0235. The van der Waals surface area contributed by atoms with E-state index in [1.165, 1.54) is 22.0 Å². The molecule has 0 atom stereocenters. The van der Waals surface area contributed by atoms with Crippen molar-refractivity contribution in [3.8, 4) is 5.69 Å². The normalized spacial score (nSPS) is 13.1. The molecule has 1 aliphatic rings. The first-order chi connectivity index (χ1) is 15.0. The summed E-state index contributed by atoms with van der Waals surface area (Å²) >= 11 is 0. The van der Waals surface area contributed by atoms with E-state index in [-0.39, 0.29) is 18.0 Å². The molecule has 6 nitrogen and oxygen atoms in total. The number of aryl methyl sites for hydroxylation is 2. The first-order valence-corrected chi connectivity index (χ1v) is 10.5. The van der Waals surface area contributed by atoms with E-state index >= 15 is 0 Å². The van der Waals surface area contributed by atoms with E-state index < -0.39 is 0 Å². The van der Waals surface area contributed by atoms with Crippen molar-refractivity contribution in [1.82, 2.24) is 14.1 Å². The lowest BCUT2D eigenvalue weighted by Crippen LogP contribution is -2.35. The Morgan fingerprint density at radius 3 is 2.55 bits per heavy atom. The molecule has 31 heavy (non-hydrogen) atoms. The lowest BCUT2D eigenvalue weighted by atomic mass is 10.2. The predicted molar refractivity (Wildman–Crippen MR) is 122 cm³/mol. The van der Waals surface area contributed by atoms with Crippen LogP contribution in [-0.4, -0.2) is 26.6 Å². The summed E-state index contributed by atoms with van der Waals surface area (Å²) in [6.45, 7) is 6.60. The maximum atomic E-state index is 13.3. The summed E-state index contributed by atoms with van der Waals surface area (Å²) in [5.41, 5.74) is 6.55. The van der Waals surface area contributed by atoms with Crippen molar-refractivity contribution >= 4 is 22.6 Å². The van der Waals surface area contributed by atoms with Gasteiger partial charge in [-0.05, 0) is 56.5 Å². The Bertz CT molecular complexity index is 1380. The van der Waals surface area contributed by atoms with Crippen LogP contribution >= 0.6 is 0 Å². The van der Waals surface area contributed by atoms with Crippen LogP contribution < -0.4 is 10.5 Å². The molecule has 156 valence electrons. The SMILES string of the molecule is Cc1ccc(-n2c(C)c(C)c3c(=O)n(CC(=O)N4CCc5ccccc54)cnc32)cc1. The summed E-state index contributed by atoms with van der Waals surface area (Å²) < 4.78 is 3.44. The summed E-state index contributed by atoms with van der Waals surface area (Å²) in [5, 5.41) is 0.565. The van der Waals surface area contributed by atoms with Gasteiger partial charge in [-0.3, -0.25) is 18.7 Å². The molecule has 6 heteroatoms. The van der Waals surface area contributed by atoms with E-state index in [0.717, 1.165) is 29.1 Å². The maximum absolute atomic E-state index is 13.3. The van der Waals surface area contributed by atoms with Crippen molar-refractivity contribution in [2.75, 3.05) is 11.4 Å². The van der Waals surface area contributed by atoms with Gasteiger partial charge in [-0.1, -0.05) is 35.9 Å². The third-order valence-corrected chi connectivity index (χ3v) is 6.27. The van der Waals surface area contributed by atoms with Crippen LogP contribution in [0.1, 0.15) is 22.4 Å². The minimum Gasteiger partial charge on any atom is -0.310 e. The van der Waals surface area contributed by atoms with Crippen LogP contribution in [0.15, 0.2) is 59.7 Å². The second kappa shape index (κ2) is 7.23. The molecular formula is C25H24N4O2. The molecule has 0 saturated carbocycles. The van der Waals surface area contributed by atoms with Gasteiger partial charge in [-0.2, -0.15) is 0 Å². The summed E-state index contributed by atoms with van der Waals surface area (Å²) in [5.74, 6) is -0.0967. The van der Waals surface area contributed by atoms with E-state index in [1.807, 2.05) is 73.9 Å². The van der Waals surface area contributed by atoms with E-state index in [1.54, 1.807) is 4.90 Å². The molecule has 5 rings (SSSR count). The molecule has 0 N–H and O–H groups in total. The fourth-order valence-corrected chi connectivity index (χ4v) is 4.44.